The van der Waals surface area contributed by atoms with Crippen LogP contribution in [-0.2, 0) is 16.0 Å². The Bertz CT molecular complexity index is 1140. The van der Waals surface area contributed by atoms with E-state index >= 15 is 0 Å². The average Bonchev–Trinajstić information content (AvgIpc) is 3.11. The Kier molecular flexibility index (Phi) is 4.67. The molecular weight excluding hydrogens is 360 g/mol. The van der Waals surface area contributed by atoms with Crippen LogP contribution in [0.4, 0.5) is 11.4 Å². The second kappa shape index (κ2) is 7.28. The third-order valence-corrected chi connectivity index (χ3v) is 4.69. The molecular formula is C21H18N2O5. The van der Waals surface area contributed by atoms with Crippen LogP contribution in [0.25, 0.3) is 11.0 Å². The number of fused-ring (bicyclic) bond motifs is 2. The Balaban J connectivity index is 1.61. The van der Waals surface area contributed by atoms with Gasteiger partial charge >= 0.3 is 5.63 Å². The molecule has 0 bridgehead atoms. The second-order valence-electron chi connectivity index (χ2n) is 6.51. The SMILES string of the molecule is COCC(=O)N1CCc2ccc(NC(=O)c3cc4ccccc4oc3=O)cc21. The summed E-state index contributed by atoms with van der Waals surface area (Å²) in [6.45, 7) is 0.567. The summed E-state index contributed by atoms with van der Waals surface area (Å²) < 4.78 is 10.1. The number of para-hydroxylation sites is 1. The lowest BCUT2D eigenvalue weighted by atomic mass is 10.1. The van der Waals surface area contributed by atoms with Crippen LogP contribution in [0.3, 0.4) is 0 Å². The van der Waals surface area contributed by atoms with Crippen molar-refractivity contribution in [2.24, 2.45) is 0 Å². The van der Waals surface area contributed by atoms with Crippen molar-refractivity contribution >= 4 is 34.2 Å². The lowest BCUT2D eigenvalue weighted by molar-refractivity contribution is -0.122. The summed E-state index contributed by atoms with van der Waals surface area (Å²) >= 11 is 0. The number of carbonyl (C=O) groups is 2. The average molecular weight is 378 g/mol. The molecule has 1 aliphatic rings. The molecule has 1 aromatic heterocycles. The predicted molar refractivity (Wildman–Crippen MR) is 105 cm³/mol. The fourth-order valence-corrected chi connectivity index (χ4v) is 3.34. The molecule has 0 saturated carbocycles. The van der Waals surface area contributed by atoms with Crippen molar-refractivity contribution in [3.05, 3.63) is 70.1 Å². The zero-order chi connectivity index (χ0) is 19.7. The van der Waals surface area contributed by atoms with Gasteiger partial charge in [-0.2, -0.15) is 0 Å². The summed E-state index contributed by atoms with van der Waals surface area (Å²) in [5.74, 6) is -0.702. The molecule has 4 rings (SSSR count). The number of carbonyl (C=O) groups excluding carboxylic acids is 2. The number of ether oxygens (including phenoxy) is 1. The Morgan fingerprint density at radius 1 is 1.18 bits per heavy atom. The van der Waals surface area contributed by atoms with E-state index in [2.05, 4.69) is 5.32 Å². The van der Waals surface area contributed by atoms with Crippen LogP contribution in [0.1, 0.15) is 15.9 Å². The fraction of sp³-hybridized carbons (Fsp3) is 0.190. The summed E-state index contributed by atoms with van der Waals surface area (Å²) in [7, 11) is 1.47. The lowest BCUT2D eigenvalue weighted by Crippen LogP contribution is -2.32. The fourth-order valence-electron chi connectivity index (χ4n) is 3.34. The first-order valence-electron chi connectivity index (χ1n) is 8.83. The van der Waals surface area contributed by atoms with E-state index in [1.165, 1.54) is 13.2 Å². The van der Waals surface area contributed by atoms with Crippen molar-refractivity contribution < 1.29 is 18.7 Å². The number of amides is 2. The van der Waals surface area contributed by atoms with Crippen molar-refractivity contribution in [2.75, 3.05) is 30.5 Å². The summed E-state index contributed by atoms with van der Waals surface area (Å²) in [6.07, 6.45) is 0.743. The molecule has 3 aromatic rings. The molecule has 0 spiro atoms. The molecule has 0 radical (unpaired) electrons. The van der Waals surface area contributed by atoms with E-state index in [9.17, 15) is 14.4 Å². The van der Waals surface area contributed by atoms with E-state index in [4.69, 9.17) is 9.15 Å². The van der Waals surface area contributed by atoms with E-state index < -0.39 is 11.5 Å². The molecule has 28 heavy (non-hydrogen) atoms. The van der Waals surface area contributed by atoms with Crippen molar-refractivity contribution in [1.29, 1.82) is 0 Å². The molecule has 2 amide bonds. The highest BCUT2D eigenvalue weighted by atomic mass is 16.5. The molecule has 0 fully saturated rings. The molecule has 1 aliphatic heterocycles. The minimum Gasteiger partial charge on any atom is -0.422 e. The first-order valence-corrected chi connectivity index (χ1v) is 8.83. The van der Waals surface area contributed by atoms with Crippen molar-refractivity contribution in [2.45, 2.75) is 6.42 Å². The van der Waals surface area contributed by atoms with Gasteiger partial charge in [0.05, 0.1) is 0 Å². The van der Waals surface area contributed by atoms with Crippen LogP contribution in [0.15, 0.2) is 57.7 Å². The summed E-state index contributed by atoms with van der Waals surface area (Å²) in [4.78, 5) is 38.6. The van der Waals surface area contributed by atoms with Gasteiger partial charge in [-0.05, 0) is 36.2 Å². The number of methoxy groups -OCH3 is 1. The largest absolute Gasteiger partial charge is 0.422 e. The number of benzene rings is 2. The smallest absolute Gasteiger partial charge is 0.349 e. The summed E-state index contributed by atoms with van der Waals surface area (Å²) in [6, 6.07) is 13.9. The minimum atomic E-state index is -0.700. The third kappa shape index (κ3) is 3.27. The zero-order valence-corrected chi connectivity index (χ0v) is 15.2. The van der Waals surface area contributed by atoms with Crippen molar-refractivity contribution in [3.63, 3.8) is 0 Å². The van der Waals surface area contributed by atoms with Gasteiger partial charge in [0.1, 0.15) is 17.8 Å². The second-order valence-corrected chi connectivity index (χ2v) is 6.51. The van der Waals surface area contributed by atoms with Crippen molar-refractivity contribution in [1.82, 2.24) is 0 Å². The Morgan fingerprint density at radius 3 is 2.82 bits per heavy atom. The van der Waals surface area contributed by atoms with Gasteiger partial charge in [0.15, 0.2) is 0 Å². The highest BCUT2D eigenvalue weighted by molar-refractivity contribution is 6.06. The van der Waals surface area contributed by atoms with E-state index in [1.54, 1.807) is 41.3 Å². The van der Waals surface area contributed by atoms with Crippen LogP contribution in [0.2, 0.25) is 0 Å². The molecule has 2 heterocycles. The number of anilines is 2. The minimum absolute atomic E-state index is 0.00579. The molecule has 0 unspecified atom stereocenters. The van der Waals surface area contributed by atoms with Crippen LogP contribution >= 0.6 is 0 Å². The highest BCUT2D eigenvalue weighted by Gasteiger charge is 2.25. The summed E-state index contributed by atoms with van der Waals surface area (Å²) in [5.41, 5.74) is 1.90. The number of nitrogens with zero attached hydrogens (tertiary/aromatic N) is 1. The van der Waals surface area contributed by atoms with Crippen LogP contribution < -0.4 is 15.8 Å². The Hall–Kier alpha value is -3.45. The van der Waals surface area contributed by atoms with Crippen LogP contribution in [0, 0.1) is 0 Å². The van der Waals surface area contributed by atoms with Gasteiger partial charge < -0.3 is 19.4 Å². The maximum atomic E-state index is 12.6. The third-order valence-electron chi connectivity index (χ3n) is 4.69. The first kappa shape index (κ1) is 17.9. The molecule has 0 saturated heterocycles. The predicted octanol–water partition coefficient (Wildman–Crippen LogP) is 2.58. The Labute approximate surface area is 160 Å². The van der Waals surface area contributed by atoms with E-state index in [1.807, 2.05) is 6.07 Å². The van der Waals surface area contributed by atoms with Gasteiger partial charge in [-0.3, -0.25) is 9.59 Å². The highest BCUT2D eigenvalue weighted by Crippen LogP contribution is 2.31. The van der Waals surface area contributed by atoms with Gasteiger partial charge in [0.2, 0.25) is 0 Å². The standard InChI is InChI=1S/C21H18N2O5/c1-27-12-19(24)23-9-8-13-6-7-15(11-17(13)23)22-20(25)16-10-14-4-2-3-5-18(14)28-21(16)26/h2-7,10-11H,8-9,12H2,1H3,(H,22,25). The molecule has 1 N–H and O–H groups in total. The normalized spacial score (nSPS) is 12.8. The zero-order valence-electron chi connectivity index (χ0n) is 15.2. The molecule has 2 aromatic carbocycles. The summed E-state index contributed by atoms with van der Waals surface area (Å²) in [5, 5.41) is 3.38. The number of nitrogens with one attached hydrogen (secondary N) is 1. The molecule has 0 atom stereocenters. The maximum Gasteiger partial charge on any atom is 0.349 e. The molecule has 7 heteroatoms. The number of hydrogen-bond donors (Lipinski definition) is 1. The van der Waals surface area contributed by atoms with E-state index in [0.29, 0.717) is 23.2 Å². The molecule has 142 valence electrons. The van der Waals surface area contributed by atoms with E-state index in [0.717, 1.165) is 17.7 Å². The van der Waals surface area contributed by atoms with E-state index in [-0.39, 0.29) is 18.1 Å². The van der Waals surface area contributed by atoms with Crippen LogP contribution in [0.5, 0.6) is 0 Å². The molecule has 7 nitrogen and oxygen atoms in total. The maximum absolute atomic E-state index is 12.6. The number of hydrogen-bond acceptors (Lipinski definition) is 5. The van der Waals surface area contributed by atoms with Gasteiger partial charge in [0, 0.05) is 30.4 Å². The van der Waals surface area contributed by atoms with Gasteiger partial charge in [-0.1, -0.05) is 24.3 Å². The first-order chi connectivity index (χ1) is 13.6. The monoisotopic (exact) mass is 378 g/mol. The van der Waals surface area contributed by atoms with Gasteiger partial charge in [-0.25, -0.2) is 4.79 Å². The number of rotatable bonds is 4. The van der Waals surface area contributed by atoms with Crippen molar-refractivity contribution in [3.8, 4) is 0 Å². The lowest BCUT2D eigenvalue weighted by Gasteiger charge is -2.17. The van der Waals surface area contributed by atoms with Gasteiger partial charge in [-0.15, -0.1) is 0 Å². The van der Waals surface area contributed by atoms with Gasteiger partial charge in [0.25, 0.3) is 11.8 Å². The topological polar surface area (TPSA) is 88.8 Å². The van der Waals surface area contributed by atoms with Crippen LogP contribution in [-0.4, -0.2) is 32.1 Å². The molecule has 0 aliphatic carbocycles. The quantitative estimate of drug-likeness (QED) is 0.705. The Morgan fingerprint density at radius 2 is 2.00 bits per heavy atom.